The molecule has 0 aliphatic carbocycles. The van der Waals surface area contributed by atoms with Crippen LogP contribution in [-0.4, -0.2) is 29.9 Å². The highest BCUT2D eigenvalue weighted by molar-refractivity contribution is 6.03. The second-order valence-corrected chi connectivity index (χ2v) is 6.33. The summed E-state index contributed by atoms with van der Waals surface area (Å²) < 4.78 is 5.60. The lowest BCUT2D eigenvalue weighted by Crippen LogP contribution is -2.28. The summed E-state index contributed by atoms with van der Waals surface area (Å²) in [5.41, 5.74) is 3.05. The van der Waals surface area contributed by atoms with Crippen LogP contribution >= 0.6 is 0 Å². The standard InChI is InChI=1S/C20H16N4O3/c1-12-10-13(6-7-16(12)24-9-8-22-20(24)26)18(25)14(11-21)19-23-15-4-2-3-5-17(15)27-19/h2-7,10,14H,8-9H2,1H3,(H,22,26). The highest BCUT2D eigenvalue weighted by atomic mass is 16.3. The fraction of sp³-hybridized carbons (Fsp3) is 0.200. The predicted molar refractivity (Wildman–Crippen MR) is 98.6 cm³/mol. The topological polar surface area (TPSA) is 99.2 Å². The Kier molecular flexibility index (Phi) is 4.09. The number of fused-ring (bicyclic) bond motifs is 1. The molecule has 0 spiro atoms. The summed E-state index contributed by atoms with van der Waals surface area (Å²) in [5.74, 6) is -1.42. The molecule has 1 aromatic heterocycles. The zero-order valence-corrected chi connectivity index (χ0v) is 14.6. The SMILES string of the molecule is Cc1cc(C(=O)C(C#N)c2nc3ccccc3o2)ccc1N1CCNC1=O. The fourth-order valence-electron chi connectivity index (χ4n) is 3.22. The van der Waals surface area contributed by atoms with Gasteiger partial charge in [-0.05, 0) is 42.8 Å². The largest absolute Gasteiger partial charge is 0.439 e. The van der Waals surface area contributed by atoms with Gasteiger partial charge in [-0.25, -0.2) is 9.78 Å². The minimum Gasteiger partial charge on any atom is -0.439 e. The van der Waals surface area contributed by atoms with Gasteiger partial charge in [0.25, 0.3) is 0 Å². The second-order valence-electron chi connectivity index (χ2n) is 6.33. The molecule has 2 amide bonds. The number of rotatable bonds is 4. The molecule has 3 aromatic rings. The number of Topliss-reactive ketones (excluding diaryl/α,β-unsaturated/α-hetero) is 1. The molecule has 1 atom stereocenters. The molecule has 2 aromatic carbocycles. The van der Waals surface area contributed by atoms with Crippen LogP contribution in [0.4, 0.5) is 10.5 Å². The van der Waals surface area contributed by atoms with E-state index in [-0.39, 0.29) is 17.7 Å². The molecule has 0 bridgehead atoms. The first-order valence-electron chi connectivity index (χ1n) is 8.54. The Balaban J connectivity index is 1.65. The van der Waals surface area contributed by atoms with Gasteiger partial charge in [-0.1, -0.05) is 12.1 Å². The first-order valence-corrected chi connectivity index (χ1v) is 8.54. The minimum absolute atomic E-state index is 0.0874. The quantitative estimate of drug-likeness (QED) is 0.721. The number of hydrogen-bond acceptors (Lipinski definition) is 5. The van der Waals surface area contributed by atoms with Crippen LogP contribution in [-0.2, 0) is 0 Å². The number of hydrogen-bond donors (Lipinski definition) is 1. The van der Waals surface area contributed by atoms with E-state index in [9.17, 15) is 14.9 Å². The van der Waals surface area contributed by atoms with Crippen molar-refractivity contribution in [2.45, 2.75) is 12.8 Å². The van der Waals surface area contributed by atoms with E-state index in [1.165, 1.54) is 0 Å². The highest BCUT2D eigenvalue weighted by Crippen LogP contribution is 2.27. The number of oxazole rings is 1. The van der Waals surface area contributed by atoms with Gasteiger partial charge in [-0.2, -0.15) is 5.26 Å². The Hall–Kier alpha value is -3.66. The zero-order valence-electron chi connectivity index (χ0n) is 14.6. The molecule has 0 saturated carbocycles. The van der Waals surface area contributed by atoms with Gasteiger partial charge in [0.2, 0.25) is 5.89 Å². The molecule has 7 nitrogen and oxygen atoms in total. The maximum atomic E-state index is 12.9. The maximum absolute atomic E-state index is 12.9. The van der Waals surface area contributed by atoms with Crippen LogP contribution in [0.2, 0.25) is 0 Å². The number of para-hydroxylation sites is 2. The summed E-state index contributed by atoms with van der Waals surface area (Å²) in [7, 11) is 0. The van der Waals surface area contributed by atoms with Crippen molar-refractivity contribution in [1.29, 1.82) is 5.26 Å². The van der Waals surface area contributed by atoms with Crippen molar-refractivity contribution >= 4 is 28.6 Å². The van der Waals surface area contributed by atoms with Crippen molar-refractivity contribution in [3.05, 3.63) is 59.5 Å². The summed E-state index contributed by atoms with van der Waals surface area (Å²) in [6.07, 6.45) is 0. The smallest absolute Gasteiger partial charge is 0.322 e. The number of amides is 2. The maximum Gasteiger partial charge on any atom is 0.322 e. The molecule has 2 heterocycles. The fourth-order valence-corrected chi connectivity index (χ4v) is 3.22. The molecular weight excluding hydrogens is 344 g/mol. The number of nitriles is 1. The lowest BCUT2D eigenvalue weighted by atomic mass is 9.96. The van der Waals surface area contributed by atoms with Crippen molar-refractivity contribution in [3.63, 3.8) is 0 Å². The number of carbonyl (C=O) groups excluding carboxylic acids is 2. The first kappa shape index (κ1) is 16.8. The zero-order chi connectivity index (χ0) is 19.0. The Bertz CT molecular complexity index is 1060. The normalized spacial score (nSPS) is 14.8. The summed E-state index contributed by atoms with van der Waals surface area (Å²) >= 11 is 0. The van der Waals surface area contributed by atoms with Crippen LogP contribution in [0, 0.1) is 18.3 Å². The second kappa shape index (κ2) is 6.57. The first-order chi connectivity index (χ1) is 13.1. The summed E-state index contributed by atoms with van der Waals surface area (Å²) in [6, 6.07) is 14.0. The molecule has 27 heavy (non-hydrogen) atoms. The molecule has 1 fully saturated rings. The van der Waals surface area contributed by atoms with Crippen LogP contribution in [0.25, 0.3) is 11.1 Å². The van der Waals surface area contributed by atoms with E-state index < -0.39 is 5.92 Å². The van der Waals surface area contributed by atoms with Crippen molar-refractivity contribution in [1.82, 2.24) is 10.3 Å². The third kappa shape index (κ3) is 2.91. The molecule has 1 N–H and O–H groups in total. The van der Waals surface area contributed by atoms with Gasteiger partial charge in [-0.15, -0.1) is 0 Å². The van der Waals surface area contributed by atoms with Crippen LogP contribution < -0.4 is 10.2 Å². The Morgan fingerprint density at radius 3 is 2.81 bits per heavy atom. The Morgan fingerprint density at radius 2 is 2.15 bits per heavy atom. The number of nitrogens with one attached hydrogen (secondary N) is 1. The molecule has 1 unspecified atom stereocenters. The monoisotopic (exact) mass is 360 g/mol. The van der Waals surface area contributed by atoms with Gasteiger partial charge in [0.05, 0.1) is 6.07 Å². The number of aryl methyl sites for hydroxylation is 1. The van der Waals surface area contributed by atoms with E-state index in [1.54, 1.807) is 41.3 Å². The Morgan fingerprint density at radius 1 is 1.33 bits per heavy atom. The molecule has 0 radical (unpaired) electrons. The van der Waals surface area contributed by atoms with Gasteiger partial charge >= 0.3 is 6.03 Å². The minimum atomic E-state index is -1.13. The van der Waals surface area contributed by atoms with Gasteiger partial charge in [0, 0.05) is 24.3 Å². The van der Waals surface area contributed by atoms with E-state index in [0.717, 1.165) is 11.3 Å². The summed E-state index contributed by atoms with van der Waals surface area (Å²) in [5, 5.41) is 12.3. The Labute approximate surface area is 155 Å². The van der Waals surface area contributed by atoms with E-state index in [2.05, 4.69) is 10.3 Å². The van der Waals surface area contributed by atoms with Crippen LogP contribution in [0.5, 0.6) is 0 Å². The summed E-state index contributed by atoms with van der Waals surface area (Å²) in [4.78, 5) is 30.6. The predicted octanol–water partition coefficient (Wildman–Crippen LogP) is 3.16. The number of benzene rings is 2. The van der Waals surface area contributed by atoms with E-state index in [0.29, 0.717) is 29.8 Å². The van der Waals surface area contributed by atoms with Crippen LogP contribution in [0.3, 0.4) is 0 Å². The summed E-state index contributed by atoms with van der Waals surface area (Å²) in [6.45, 7) is 3.00. The highest BCUT2D eigenvalue weighted by Gasteiger charge is 2.28. The number of nitrogens with zero attached hydrogens (tertiary/aromatic N) is 3. The van der Waals surface area contributed by atoms with E-state index >= 15 is 0 Å². The number of urea groups is 1. The van der Waals surface area contributed by atoms with Gasteiger partial charge in [-0.3, -0.25) is 9.69 Å². The third-order valence-electron chi connectivity index (χ3n) is 4.58. The molecule has 1 saturated heterocycles. The van der Waals surface area contributed by atoms with Crippen molar-refractivity contribution < 1.29 is 14.0 Å². The van der Waals surface area contributed by atoms with Gasteiger partial charge < -0.3 is 9.73 Å². The number of anilines is 1. The lowest BCUT2D eigenvalue weighted by Gasteiger charge is -2.17. The van der Waals surface area contributed by atoms with E-state index in [4.69, 9.17) is 4.42 Å². The average molecular weight is 360 g/mol. The van der Waals surface area contributed by atoms with Crippen LogP contribution in [0.15, 0.2) is 46.9 Å². The van der Waals surface area contributed by atoms with Gasteiger partial charge in [0.15, 0.2) is 17.3 Å². The third-order valence-corrected chi connectivity index (χ3v) is 4.58. The molecular formula is C20H16N4O3. The van der Waals surface area contributed by atoms with Gasteiger partial charge in [0.1, 0.15) is 5.52 Å². The van der Waals surface area contributed by atoms with E-state index in [1.807, 2.05) is 19.1 Å². The molecule has 1 aliphatic rings. The number of ketones is 1. The molecule has 7 heteroatoms. The molecule has 4 rings (SSSR count). The van der Waals surface area contributed by atoms with Crippen LogP contribution in [0.1, 0.15) is 27.7 Å². The van der Waals surface area contributed by atoms with Crippen molar-refractivity contribution in [2.24, 2.45) is 0 Å². The molecule has 1 aliphatic heterocycles. The average Bonchev–Trinajstić information content (AvgIpc) is 3.28. The lowest BCUT2D eigenvalue weighted by molar-refractivity contribution is 0.0970. The van der Waals surface area contributed by atoms with Crippen molar-refractivity contribution in [3.8, 4) is 6.07 Å². The molecule has 134 valence electrons. The number of carbonyl (C=O) groups is 2. The number of aromatic nitrogens is 1. The van der Waals surface area contributed by atoms with Crippen molar-refractivity contribution in [2.75, 3.05) is 18.0 Å².